The zero-order valence-electron chi connectivity index (χ0n) is 25.0. The van der Waals surface area contributed by atoms with Crippen LogP contribution in [0.15, 0.2) is 59.0 Å². The molecule has 0 bridgehead atoms. The van der Waals surface area contributed by atoms with Crippen molar-refractivity contribution in [2.45, 2.75) is 12.1 Å². The van der Waals surface area contributed by atoms with Gasteiger partial charge in [-0.25, -0.2) is 4.79 Å². The lowest BCUT2D eigenvalue weighted by atomic mass is 9.95. The molecular weight excluding hydrogens is 657 g/mol. The van der Waals surface area contributed by atoms with Crippen molar-refractivity contribution in [2.75, 3.05) is 36.9 Å². The van der Waals surface area contributed by atoms with E-state index in [1.807, 2.05) is 0 Å². The summed E-state index contributed by atoms with van der Waals surface area (Å²) in [5.41, 5.74) is -0.637. The number of nitrogens with one attached hydrogen (secondary N) is 3. The van der Waals surface area contributed by atoms with Crippen LogP contribution in [0.4, 0.5) is 24.5 Å². The number of hydrogen-bond donors (Lipinski definition) is 4. The van der Waals surface area contributed by atoms with Crippen LogP contribution >= 0.6 is 11.6 Å². The second kappa shape index (κ2) is 11.3. The Labute approximate surface area is 273 Å². The molecule has 4 heterocycles. The minimum absolute atomic E-state index is 0.0394. The van der Waals surface area contributed by atoms with Gasteiger partial charge in [-0.3, -0.25) is 9.59 Å². The quantitative estimate of drug-likeness (QED) is 0.108. The van der Waals surface area contributed by atoms with Crippen LogP contribution in [0.25, 0.3) is 32.8 Å². The largest absolute Gasteiger partial charge is 0.506 e. The number of furan rings is 1. The van der Waals surface area contributed by atoms with Crippen molar-refractivity contribution in [3.05, 3.63) is 82.9 Å². The number of hydrogen-bond acceptors (Lipinski definition) is 7. The lowest BCUT2D eigenvalue weighted by molar-refractivity contribution is -0.141. The zero-order chi connectivity index (χ0) is 34.1. The fourth-order valence-electron chi connectivity index (χ4n) is 6.24. The molecule has 7 rings (SSSR count). The minimum atomic E-state index is -4.98. The number of aromatic amines is 2. The van der Waals surface area contributed by atoms with Crippen molar-refractivity contribution in [1.29, 1.82) is 0 Å². The fourth-order valence-corrected chi connectivity index (χ4v) is 6.49. The van der Waals surface area contributed by atoms with Crippen LogP contribution in [0.1, 0.15) is 48.6 Å². The summed E-state index contributed by atoms with van der Waals surface area (Å²) in [4.78, 5) is 46.0. The third-order valence-corrected chi connectivity index (χ3v) is 8.73. The SMILES string of the molecule is COC(=O)c1c(C(F)(F)F)[nH]c2c(O)cc3c(c12)[C@H](CCl)CN3C(=O)c1cc2cc(NC(=O)c3cc4c(OC)cccc4o3)ccc2[nH]1. The smallest absolute Gasteiger partial charge is 0.432 e. The number of phenols is 1. The van der Waals surface area contributed by atoms with E-state index in [2.05, 4.69) is 20.0 Å². The first-order valence-electron chi connectivity index (χ1n) is 14.4. The molecule has 3 aromatic heterocycles. The van der Waals surface area contributed by atoms with E-state index in [1.54, 1.807) is 48.5 Å². The molecule has 1 aliphatic heterocycles. The lowest BCUT2D eigenvalue weighted by Gasteiger charge is -2.17. The topological polar surface area (TPSA) is 150 Å². The van der Waals surface area contributed by atoms with Gasteiger partial charge in [0.15, 0.2) is 5.76 Å². The van der Waals surface area contributed by atoms with Gasteiger partial charge in [-0.15, -0.1) is 11.6 Å². The zero-order valence-corrected chi connectivity index (χ0v) is 25.8. The van der Waals surface area contributed by atoms with Gasteiger partial charge in [-0.1, -0.05) is 6.07 Å². The molecule has 0 aliphatic carbocycles. The number of halogens is 4. The lowest BCUT2D eigenvalue weighted by Crippen LogP contribution is -2.30. The Morgan fingerprint density at radius 2 is 1.90 bits per heavy atom. The van der Waals surface area contributed by atoms with Crippen molar-refractivity contribution in [3.63, 3.8) is 0 Å². The number of nitrogens with zero attached hydrogens (tertiary/aromatic N) is 1. The number of amides is 2. The molecule has 0 fully saturated rings. The maximum Gasteiger partial charge on any atom is 0.432 e. The third-order valence-electron chi connectivity index (χ3n) is 8.36. The van der Waals surface area contributed by atoms with Crippen LogP contribution in [0.5, 0.6) is 11.5 Å². The number of alkyl halides is 4. The summed E-state index contributed by atoms with van der Waals surface area (Å²) < 4.78 is 57.6. The van der Waals surface area contributed by atoms with Crippen LogP contribution in [0.2, 0.25) is 0 Å². The predicted octanol–water partition coefficient (Wildman–Crippen LogP) is 7.15. The summed E-state index contributed by atoms with van der Waals surface area (Å²) in [6.07, 6.45) is -4.98. The average molecular weight is 681 g/mol. The molecule has 1 atom stereocenters. The van der Waals surface area contributed by atoms with E-state index in [-0.39, 0.29) is 46.0 Å². The predicted molar refractivity (Wildman–Crippen MR) is 170 cm³/mol. The number of rotatable bonds is 6. The highest BCUT2D eigenvalue weighted by Crippen LogP contribution is 2.49. The first-order valence-corrected chi connectivity index (χ1v) is 14.9. The normalized spacial score (nSPS) is 14.5. The number of aromatic nitrogens is 2. The Morgan fingerprint density at radius 3 is 2.60 bits per heavy atom. The van der Waals surface area contributed by atoms with Gasteiger partial charge >= 0.3 is 12.1 Å². The molecule has 0 saturated heterocycles. The van der Waals surface area contributed by atoms with Gasteiger partial charge in [0, 0.05) is 52.5 Å². The molecule has 48 heavy (non-hydrogen) atoms. The number of methoxy groups -OCH3 is 2. The first kappa shape index (κ1) is 31.0. The van der Waals surface area contributed by atoms with E-state index in [0.29, 0.717) is 33.3 Å². The van der Waals surface area contributed by atoms with Crippen LogP contribution in [-0.4, -0.2) is 59.5 Å². The second-order valence-corrected chi connectivity index (χ2v) is 11.4. The summed E-state index contributed by atoms with van der Waals surface area (Å²) in [7, 11) is 2.46. The molecule has 0 radical (unpaired) electrons. The molecule has 0 unspecified atom stereocenters. The van der Waals surface area contributed by atoms with E-state index < -0.39 is 46.9 Å². The summed E-state index contributed by atoms with van der Waals surface area (Å²) in [6.45, 7) is -0.0394. The van der Waals surface area contributed by atoms with Crippen LogP contribution < -0.4 is 15.0 Å². The Kier molecular flexibility index (Phi) is 7.27. The molecule has 11 nitrogen and oxygen atoms in total. The average Bonchev–Trinajstić information content (AvgIpc) is 3.85. The summed E-state index contributed by atoms with van der Waals surface area (Å²) in [5.74, 6) is -3.09. The second-order valence-electron chi connectivity index (χ2n) is 11.1. The van der Waals surface area contributed by atoms with Gasteiger partial charge in [0.05, 0.1) is 36.4 Å². The van der Waals surface area contributed by atoms with Crippen molar-refractivity contribution >= 4 is 73.5 Å². The van der Waals surface area contributed by atoms with Crippen molar-refractivity contribution in [1.82, 2.24) is 9.97 Å². The number of carbonyl (C=O) groups excluding carboxylic acids is 3. The number of aromatic hydroxyl groups is 1. The molecule has 3 aromatic carbocycles. The molecule has 4 N–H and O–H groups in total. The van der Waals surface area contributed by atoms with E-state index in [0.717, 1.165) is 7.11 Å². The van der Waals surface area contributed by atoms with E-state index in [9.17, 15) is 32.7 Å². The number of carbonyl (C=O) groups is 3. The summed E-state index contributed by atoms with van der Waals surface area (Å²) in [6, 6.07) is 14.5. The number of fused-ring (bicyclic) bond motifs is 5. The van der Waals surface area contributed by atoms with Gasteiger partial charge in [0.1, 0.15) is 28.5 Å². The van der Waals surface area contributed by atoms with Gasteiger partial charge in [0.2, 0.25) is 0 Å². The minimum Gasteiger partial charge on any atom is -0.506 e. The monoisotopic (exact) mass is 680 g/mol. The van der Waals surface area contributed by atoms with E-state index in [1.165, 1.54) is 18.1 Å². The Morgan fingerprint density at radius 1 is 1.10 bits per heavy atom. The maximum atomic E-state index is 14.0. The Bertz CT molecular complexity index is 2310. The van der Waals surface area contributed by atoms with Gasteiger partial charge < -0.3 is 39.2 Å². The number of ether oxygens (including phenoxy) is 2. The van der Waals surface area contributed by atoms with Gasteiger partial charge in [0.25, 0.3) is 11.8 Å². The molecule has 0 spiro atoms. The first-order chi connectivity index (χ1) is 22.9. The van der Waals surface area contributed by atoms with Crippen LogP contribution in [0.3, 0.4) is 0 Å². The molecule has 15 heteroatoms. The molecule has 0 saturated carbocycles. The molecular formula is C33H24ClF3N4O7. The highest BCUT2D eigenvalue weighted by atomic mass is 35.5. The van der Waals surface area contributed by atoms with E-state index in [4.69, 9.17) is 20.8 Å². The maximum absolute atomic E-state index is 14.0. The number of H-pyrrole nitrogens is 2. The van der Waals surface area contributed by atoms with E-state index >= 15 is 0 Å². The standard InChI is InChI=1S/C33H24ClF3N4O7/c1-46-22-4-3-5-23-17(22)10-24(48-23)30(43)38-16-6-7-18-14(8-16)9-19(39-18)31(44)41-13-15(12-34)25-20(41)11-21(42)28-26(25)27(32(45)47-2)29(40-28)33(35,36)37/h3-11,15,39-40,42H,12-13H2,1-2H3,(H,38,43)/t15-/m1/s1. The Hall–Kier alpha value is -5.63. The fraction of sp³-hybridized carbons (Fsp3) is 0.182. The summed E-state index contributed by atoms with van der Waals surface area (Å²) in [5, 5.41) is 14.6. The van der Waals surface area contributed by atoms with Crippen molar-refractivity contribution in [3.8, 4) is 11.5 Å². The molecule has 246 valence electrons. The highest BCUT2D eigenvalue weighted by Gasteiger charge is 2.43. The third kappa shape index (κ3) is 4.87. The Balaban J connectivity index is 1.22. The van der Waals surface area contributed by atoms with Gasteiger partial charge in [-0.05, 0) is 42.0 Å². The van der Waals surface area contributed by atoms with Crippen LogP contribution in [-0.2, 0) is 10.9 Å². The van der Waals surface area contributed by atoms with Crippen LogP contribution in [0, 0.1) is 0 Å². The molecule has 1 aliphatic rings. The molecule has 6 aromatic rings. The number of phenolic OH excluding ortho intramolecular Hbond substituents is 1. The number of esters is 1. The van der Waals surface area contributed by atoms with Crippen molar-refractivity contribution in [2.24, 2.45) is 0 Å². The summed E-state index contributed by atoms with van der Waals surface area (Å²) >= 11 is 6.26. The number of benzene rings is 3. The van der Waals surface area contributed by atoms with Crippen molar-refractivity contribution < 1.29 is 46.6 Å². The highest BCUT2D eigenvalue weighted by molar-refractivity contribution is 6.20. The number of anilines is 2. The van der Waals surface area contributed by atoms with Gasteiger partial charge in [-0.2, -0.15) is 13.2 Å². The molecule has 2 amide bonds.